The molecule has 0 amide bonds. The van der Waals surface area contributed by atoms with E-state index in [-0.39, 0.29) is 0 Å². The number of hydrogen-bond acceptors (Lipinski definition) is 3. The van der Waals surface area contributed by atoms with Gasteiger partial charge in [0, 0.05) is 24.5 Å². The molecule has 0 atom stereocenters. The number of benzene rings is 1. The molecule has 0 fully saturated rings. The zero-order valence-corrected chi connectivity index (χ0v) is 8.53. The van der Waals surface area contributed by atoms with Gasteiger partial charge in [-0.05, 0) is 30.8 Å². The van der Waals surface area contributed by atoms with Crippen LogP contribution >= 0.6 is 0 Å². The van der Waals surface area contributed by atoms with Gasteiger partial charge in [0.15, 0.2) is 0 Å². The van der Waals surface area contributed by atoms with E-state index >= 15 is 0 Å². The number of rotatable bonds is 4. The zero-order chi connectivity index (χ0) is 10.6. The lowest BCUT2D eigenvalue weighted by Crippen LogP contribution is -2.17. The molecule has 0 unspecified atom stereocenters. The largest absolute Gasteiger partial charge is 0.399 e. The highest BCUT2D eigenvalue weighted by Gasteiger charge is 2.00. The molecule has 4 N–H and O–H groups in total. The molecular weight excluding hydrogens is 174 g/mol. The summed E-state index contributed by atoms with van der Waals surface area (Å²) in [5.41, 5.74) is 13.9. The quantitative estimate of drug-likeness (QED) is 0.559. The van der Waals surface area contributed by atoms with E-state index in [2.05, 4.69) is 11.5 Å². The van der Waals surface area contributed by atoms with Crippen LogP contribution in [0, 0.1) is 0 Å². The van der Waals surface area contributed by atoms with Gasteiger partial charge in [0.25, 0.3) is 0 Å². The Balaban J connectivity index is 2.71. The first-order valence-electron chi connectivity index (χ1n) is 4.56. The lowest BCUT2D eigenvalue weighted by atomic mass is 10.1. The second-order valence-corrected chi connectivity index (χ2v) is 3.49. The van der Waals surface area contributed by atoms with Crippen LogP contribution in [0.3, 0.4) is 0 Å². The van der Waals surface area contributed by atoms with Gasteiger partial charge >= 0.3 is 0 Å². The van der Waals surface area contributed by atoms with Crippen molar-refractivity contribution in [1.29, 1.82) is 0 Å². The number of nitrogen functional groups attached to an aromatic ring is 2. The van der Waals surface area contributed by atoms with E-state index in [4.69, 9.17) is 11.5 Å². The van der Waals surface area contributed by atoms with E-state index in [1.165, 1.54) is 0 Å². The van der Waals surface area contributed by atoms with Crippen LogP contribution in [-0.2, 0) is 6.54 Å². The van der Waals surface area contributed by atoms with Crippen molar-refractivity contribution < 1.29 is 0 Å². The molecule has 0 aliphatic rings. The van der Waals surface area contributed by atoms with Gasteiger partial charge in [0.2, 0.25) is 0 Å². The van der Waals surface area contributed by atoms with Crippen molar-refractivity contribution in [2.75, 3.05) is 25.1 Å². The minimum absolute atomic E-state index is 0.715. The molecule has 1 aromatic carbocycles. The Labute approximate surface area is 85.0 Å². The van der Waals surface area contributed by atoms with E-state index in [0.29, 0.717) is 11.4 Å². The van der Waals surface area contributed by atoms with Crippen LogP contribution in [-0.4, -0.2) is 18.5 Å². The second-order valence-electron chi connectivity index (χ2n) is 3.49. The Bertz CT molecular complexity index is 300. The van der Waals surface area contributed by atoms with Crippen LogP contribution in [0.15, 0.2) is 30.9 Å². The summed E-state index contributed by atoms with van der Waals surface area (Å²) in [6.45, 7) is 5.38. The average Bonchev–Trinajstić information content (AvgIpc) is 2.01. The van der Waals surface area contributed by atoms with Crippen molar-refractivity contribution in [3.05, 3.63) is 36.4 Å². The third kappa shape index (κ3) is 3.11. The average molecular weight is 191 g/mol. The number of nitrogens with zero attached hydrogens (tertiary/aromatic N) is 1. The van der Waals surface area contributed by atoms with Gasteiger partial charge in [-0.15, -0.1) is 6.58 Å². The third-order valence-electron chi connectivity index (χ3n) is 1.93. The fourth-order valence-corrected chi connectivity index (χ4v) is 1.43. The number of hydrogen-bond donors (Lipinski definition) is 2. The topological polar surface area (TPSA) is 55.3 Å². The highest BCUT2D eigenvalue weighted by Crippen LogP contribution is 2.14. The van der Waals surface area contributed by atoms with Gasteiger partial charge in [-0.1, -0.05) is 6.08 Å². The maximum atomic E-state index is 5.69. The van der Waals surface area contributed by atoms with Crippen molar-refractivity contribution in [2.45, 2.75) is 6.54 Å². The third-order valence-corrected chi connectivity index (χ3v) is 1.93. The van der Waals surface area contributed by atoms with Gasteiger partial charge in [0.05, 0.1) is 0 Å². The number of likely N-dealkylation sites (N-methyl/N-ethyl adjacent to an activating group) is 1. The Morgan fingerprint density at radius 3 is 2.36 bits per heavy atom. The Morgan fingerprint density at radius 2 is 1.86 bits per heavy atom. The first-order chi connectivity index (χ1) is 6.61. The lowest BCUT2D eigenvalue weighted by Gasteiger charge is -2.14. The van der Waals surface area contributed by atoms with Crippen LogP contribution in [0.5, 0.6) is 0 Å². The summed E-state index contributed by atoms with van der Waals surface area (Å²) in [6.07, 6.45) is 1.87. The normalized spacial score (nSPS) is 10.4. The van der Waals surface area contributed by atoms with Gasteiger partial charge in [0.1, 0.15) is 0 Å². The summed E-state index contributed by atoms with van der Waals surface area (Å²) in [6, 6.07) is 5.64. The fraction of sp³-hybridized carbons (Fsp3) is 0.273. The van der Waals surface area contributed by atoms with Crippen molar-refractivity contribution >= 4 is 11.4 Å². The molecular formula is C11H17N3. The molecule has 76 valence electrons. The van der Waals surface area contributed by atoms with Gasteiger partial charge in [-0.25, -0.2) is 0 Å². The van der Waals surface area contributed by atoms with E-state index < -0.39 is 0 Å². The highest BCUT2D eigenvalue weighted by atomic mass is 15.1. The molecule has 0 aliphatic carbocycles. The molecule has 0 saturated carbocycles. The standard InChI is InChI=1S/C11H17N3/c1-3-4-14(2)8-9-5-10(12)7-11(13)6-9/h3,5-7H,1,4,8,12-13H2,2H3. The fourth-order valence-electron chi connectivity index (χ4n) is 1.43. The minimum atomic E-state index is 0.715. The monoisotopic (exact) mass is 191 g/mol. The SMILES string of the molecule is C=CCN(C)Cc1cc(N)cc(N)c1. The summed E-state index contributed by atoms with van der Waals surface area (Å²) in [4.78, 5) is 2.14. The van der Waals surface area contributed by atoms with Gasteiger partial charge in [-0.2, -0.15) is 0 Å². The molecule has 0 aromatic heterocycles. The van der Waals surface area contributed by atoms with Crippen LogP contribution in [0.1, 0.15) is 5.56 Å². The smallest absolute Gasteiger partial charge is 0.0337 e. The maximum absolute atomic E-state index is 5.69. The second kappa shape index (κ2) is 4.67. The van der Waals surface area contributed by atoms with E-state index in [9.17, 15) is 0 Å². The molecule has 3 nitrogen and oxygen atoms in total. The molecule has 0 saturated heterocycles. The Hall–Kier alpha value is -1.48. The molecule has 1 rings (SSSR count). The first kappa shape index (κ1) is 10.6. The summed E-state index contributed by atoms with van der Waals surface area (Å²) in [5.74, 6) is 0. The molecule has 0 heterocycles. The Morgan fingerprint density at radius 1 is 1.29 bits per heavy atom. The van der Waals surface area contributed by atoms with E-state index in [0.717, 1.165) is 18.7 Å². The van der Waals surface area contributed by atoms with Crippen molar-refractivity contribution in [2.24, 2.45) is 0 Å². The van der Waals surface area contributed by atoms with Crippen molar-refractivity contribution in [3.63, 3.8) is 0 Å². The molecule has 0 aliphatic heterocycles. The minimum Gasteiger partial charge on any atom is -0.399 e. The van der Waals surface area contributed by atoms with Crippen LogP contribution < -0.4 is 11.5 Å². The lowest BCUT2D eigenvalue weighted by molar-refractivity contribution is 0.364. The maximum Gasteiger partial charge on any atom is 0.0337 e. The van der Waals surface area contributed by atoms with Crippen molar-refractivity contribution in [3.8, 4) is 0 Å². The number of anilines is 2. The summed E-state index contributed by atoms with van der Waals surface area (Å²) < 4.78 is 0. The molecule has 0 bridgehead atoms. The van der Waals surface area contributed by atoms with E-state index in [1.807, 2.05) is 25.3 Å². The number of nitrogens with two attached hydrogens (primary N) is 2. The van der Waals surface area contributed by atoms with Crippen molar-refractivity contribution in [1.82, 2.24) is 4.90 Å². The predicted octanol–water partition coefficient (Wildman–Crippen LogP) is 1.47. The zero-order valence-electron chi connectivity index (χ0n) is 8.53. The van der Waals surface area contributed by atoms with Crippen LogP contribution in [0.2, 0.25) is 0 Å². The summed E-state index contributed by atoms with van der Waals surface area (Å²) in [5, 5.41) is 0. The molecule has 0 spiro atoms. The Kier molecular flexibility index (Phi) is 3.54. The predicted molar refractivity (Wildman–Crippen MR) is 61.8 cm³/mol. The van der Waals surface area contributed by atoms with Gasteiger partial charge in [-0.3, -0.25) is 4.90 Å². The first-order valence-corrected chi connectivity index (χ1v) is 4.56. The highest BCUT2D eigenvalue weighted by molar-refractivity contribution is 5.54. The molecule has 3 heteroatoms. The molecule has 1 aromatic rings. The van der Waals surface area contributed by atoms with Crippen LogP contribution in [0.4, 0.5) is 11.4 Å². The molecule has 14 heavy (non-hydrogen) atoms. The van der Waals surface area contributed by atoms with E-state index in [1.54, 1.807) is 6.07 Å². The molecule has 0 radical (unpaired) electrons. The van der Waals surface area contributed by atoms with Crippen LogP contribution in [0.25, 0.3) is 0 Å². The summed E-state index contributed by atoms with van der Waals surface area (Å²) >= 11 is 0. The summed E-state index contributed by atoms with van der Waals surface area (Å²) in [7, 11) is 2.03. The van der Waals surface area contributed by atoms with Gasteiger partial charge < -0.3 is 11.5 Å².